The molecule has 0 aliphatic carbocycles. The molecular formula is C24H25N3O4S2. The number of thioether (sulfide) groups is 2. The zero-order valence-electron chi connectivity index (χ0n) is 18.7. The van der Waals surface area contributed by atoms with Gasteiger partial charge in [0.25, 0.3) is 5.91 Å². The maximum atomic E-state index is 13.0. The molecule has 172 valence electrons. The van der Waals surface area contributed by atoms with Gasteiger partial charge in [-0.2, -0.15) is 0 Å². The number of hydrogen-bond donors (Lipinski definition) is 0. The molecule has 0 spiro atoms. The number of aromatic nitrogens is 2. The Balaban J connectivity index is 1.43. The molecule has 1 unspecified atom stereocenters. The van der Waals surface area contributed by atoms with Crippen molar-refractivity contribution in [2.75, 3.05) is 18.1 Å². The first-order chi connectivity index (χ1) is 15.9. The second-order valence-corrected chi connectivity index (χ2v) is 10.2. The van der Waals surface area contributed by atoms with Crippen molar-refractivity contribution in [3.8, 4) is 0 Å². The maximum absolute atomic E-state index is 13.0. The summed E-state index contributed by atoms with van der Waals surface area (Å²) in [6.45, 7) is 6.16. The number of benzene rings is 1. The van der Waals surface area contributed by atoms with E-state index < -0.39 is 5.97 Å². The van der Waals surface area contributed by atoms with Gasteiger partial charge in [0, 0.05) is 34.2 Å². The summed E-state index contributed by atoms with van der Waals surface area (Å²) in [6, 6.07) is 11.2. The summed E-state index contributed by atoms with van der Waals surface area (Å²) in [5.74, 6) is 0.511. The SMILES string of the molecule is Cc1noc(C)c1CSc1ncccc1C(=O)OCC(=O)N1CCC(C)Sc2ccccc21. The second kappa shape index (κ2) is 10.4. The molecule has 1 aliphatic heterocycles. The fourth-order valence-electron chi connectivity index (χ4n) is 3.54. The molecule has 1 aromatic carbocycles. The number of aryl methyl sites for hydroxylation is 2. The highest BCUT2D eigenvalue weighted by molar-refractivity contribution is 8.00. The molecular weight excluding hydrogens is 458 g/mol. The first kappa shape index (κ1) is 23.4. The third-order valence-electron chi connectivity index (χ3n) is 5.40. The Labute approximate surface area is 201 Å². The molecule has 3 aromatic rings. The van der Waals surface area contributed by atoms with E-state index in [0.29, 0.717) is 28.1 Å². The smallest absolute Gasteiger partial charge is 0.341 e. The van der Waals surface area contributed by atoms with Crippen molar-refractivity contribution >= 4 is 41.1 Å². The van der Waals surface area contributed by atoms with Crippen molar-refractivity contribution in [3.63, 3.8) is 0 Å². The van der Waals surface area contributed by atoms with Gasteiger partial charge in [0.2, 0.25) is 0 Å². The summed E-state index contributed by atoms with van der Waals surface area (Å²) in [5, 5.41) is 4.91. The normalized spacial score (nSPS) is 15.6. The molecule has 0 radical (unpaired) electrons. The molecule has 1 amide bonds. The molecule has 0 N–H and O–H groups in total. The highest BCUT2D eigenvalue weighted by atomic mass is 32.2. The summed E-state index contributed by atoms with van der Waals surface area (Å²) in [5.41, 5.74) is 3.00. The lowest BCUT2D eigenvalue weighted by Gasteiger charge is -2.22. The third-order valence-corrected chi connectivity index (χ3v) is 7.67. The van der Waals surface area contributed by atoms with Crippen molar-refractivity contribution in [2.24, 2.45) is 0 Å². The van der Waals surface area contributed by atoms with Gasteiger partial charge in [-0.15, -0.1) is 23.5 Å². The van der Waals surface area contributed by atoms with Crippen LogP contribution in [0.1, 0.15) is 40.7 Å². The van der Waals surface area contributed by atoms with Crippen LogP contribution in [0.2, 0.25) is 0 Å². The van der Waals surface area contributed by atoms with E-state index >= 15 is 0 Å². The number of pyridine rings is 1. The molecule has 0 fully saturated rings. The number of rotatable bonds is 6. The minimum Gasteiger partial charge on any atom is -0.452 e. The quantitative estimate of drug-likeness (QED) is 0.356. The van der Waals surface area contributed by atoms with E-state index in [2.05, 4.69) is 17.1 Å². The van der Waals surface area contributed by atoms with Crippen LogP contribution in [0, 0.1) is 13.8 Å². The van der Waals surface area contributed by atoms with Crippen molar-refractivity contribution in [1.82, 2.24) is 10.1 Å². The highest BCUT2D eigenvalue weighted by Gasteiger charge is 2.25. The topological polar surface area (TPSA) is 85.5 Å². The van der Waals surface area contributed by atoms with E-state index in [-0.39, 0.29) is 12.5 Å². The molecule has 7 nitrogen and oxygen atoms in total. The van der Waals surface area contributed by atoms with Crippen LogP contribution in [0.25, 0.3) is 0 Å². The van der Waals surface area contributed by atoms with Gasteiger partial charge in [0.15, 0.2) is 6.61 Å². The molecule has 0 saturated heterocycles. The number of anilines is 1. The van der Waals surface area contributed by atoms with Crippen molar-refractivity contribution in [3.05, 3.63) is 65.2 Å². The molecule has 0 bridgehead atoms. The van der Waals surface area contributed by atoms with E-state index in [9.17, 15) is 9.59 Å². The molecule has 1 aliphatic rings. The molecule has 3 heterocycles. The lowest BCUT2D eigenvalue weighted by Crippen LogP contribution is -2.35. The Kier molecular flexibility index (Phi) is 7.39. The minimum absolute atomic E-state index is 0.237. The van der Waals surface area contributed by atoms with Gasteiger partial charge in [0.1, 0.15) is 10.8 Å². The predicted octanol–water partition coefficient (Wildman–Crippen LogP) is 5.05. The number of carbonyl (C=O) groups is 2. The Bertz CT molecular complexity index is 1140. The van der Waals surface area contributed by atoms with E-state index in [1.807, 2.05) is 38.1 Å². The van der Waals surface area contributed by atoms with Crippen LogP contribution in [-0.4, -0.2) is 40.4 Å². The first-order valence-electron chi connectivity index (χ1n) is 10.7. The number of amides is 1. The van der Waals surface area contributed by atoms with Crippen LogP contribution in [0.15, 0.2) is 57.0 Å². The average Bonchev–Trinajstić information content (AvgIpc) is 3.03. The van der Waals surface area contributed by atoms with E-state index in [0.717, 1.165) is 34.0 Å². The van der Waals surface area contributed by atoms with Crippen LogP contribution < -0.4 is 4.90 Å². The fraction of sp³-hybridized carbons (Fsp3) is 0.333. The van der Waals surface area contributed by atoms with Gasteiger partial charge in [-0.3, -0.25) is 4.79 Å². The van der Waals surface area contributed by atoms with Crippen molar-refractivity contribution < 1.29 is 18.8 Å². The van der Waals surface area contributed by atoms with Gasteiger partial charge in [-0.05, 0) is 44.5 Å². The van der Waals surface area contributed by atoms with E-state index in [1.54, 1.807) is 35.0 Å². The van der Waals surface area contributed by atoms with Crippen LogP contribution in [0.4, 0.5) is 5.69 Å². The summed E-state index contributed by atoms with van der Waals surface area (Å²) in [6.07, 6.45) is 2.49. The summed E-state index contributed by atoms with van der Waals surface area (Å²) in [4.78, 5) is 32.9. The highest BCUT2D eigenvalue weighted by Crippen LogP contribution is 2.37. The van der Waals surface area contributed by atoms with Crippen molar-refractivity contribution in [2.45, 2.75) is 48.1 Å². The van der Waals surface area contributed by atoms with Gasteiger partial charge in [-0.25, -0.2) is 9.78 Å². The lowest BCUT2D eigenvalue weighted by atomic mass is 10.2. The molecule has 33 heavy (non-hydrogen) atoms. The third kappa shape index (κ3) is 5.42. The Morgan fingerprint density at radius 2 is 2.06 bits per heavy atom. The Morgan fingerprint density at radius 1 is 1.24 bits per heavy atom. The number of carbonyl (C=O) groups excluding carboxylic acids is 2. The number of para-hydroxylation sites is 1. The zero-order valence-corrected chi connectivity index (χ0v) is 20.4. The lowest BCUT2D eigenvalue weighted by molar-refractivity contribution is -0.121. The molecule has 9 heteroatoms. The van der Waals surface area contributed by atoms with Crippen LogP contribution >= 0.6 is 23.5 Å². The summed E-state index contributed by atoms with van der Waals surface area (Å²) >= 11 is 3.17. The number of fused-ring (bicyclic) bond motifs is 1. The number of hydrogen-bond acceptors (Lipinski definition) is 8. The fourth-order valence-corrected chi connectivity index (χ4v) is 5.79. The van der Waals surface area contributed by atoms with Gasteiger partial charge < -0.3 is 14.2 Å². The second-order valence-electron chi connectivity index (χ2n) is 7.75. The Hall–Kier alpha value is -2.78. The maximum Gasteiger partial charge on any atom is 0.341 e. The predicted molar refractivity (Wildman–Crippen MR) is 129 cm³/mol. The van der Waals surface area contributed by atoms with Crippen LogP contribution in [0.5, 0.6) is 0 Å². The van der Waals surface area contributed by atoms with E-state index in [1.165, 1.54) is 11.8 Å². The van der Waals surface area contributed by atoms with Crippen molar-refractivity contribution in [1.29, 1.82) is 0 Å². The number of ether oxygens (including phenoxy) is 1. The monoisotopic (exact) mass is 483 g/mol. The van der Waals surface area contributed by atoms with Gasteiger partial charge in [0.05, 0.1) is 16.9 Å². The number of esters is 1. The molecule has 4 rings (SSSR count). The largest absolute Gasteiger partial charge is 0.452 e. The molecule has 1 atom stereocenters. The minimum atomic E-state index is -0.566. The summed E-state index contributed by atoms with van der Waals surface area (Å²) in [7, 11) is 0. The summed E-state index contributed by atoms with van der Waals surface area (Å²) < 4.78 is 10.6. The number of nitrogens with zero attached hydrogens (tertiary/aromatic N) is 3. The first-order valence-corrected chi connectivity index (χ1v) is 12.5. The standard InChI is InChI=1S/C24H25N3O4S2/c1-15-10-12-27(20-8-4-5-9-21(20)33-15)22(28)13-30-24(29)18-7-6-11-25-23(18)32-14-19-16(2)26-31-17(19)3/h4-9,11,15H,10,12-14H2,1-3H3. The van der Waals surface area contributed by atoms with Gasteiger partial charge in [-0.1, -0.05) is 24.2 Å². The Morgan fingerprint density at radius 3 is 2.85 bits per heavy atom. The average molecular weight is 484 g/mol. The van der Waals surface area contributed by atoms with E-state index in [4.69, 9.17) is 9.26 Å². The zero-order chi connectivity index (χ0) is 23.4. The van der Waals surface area contributed by atoms with Crippen LogP contribution in [0.3, 0.4) is 0 Å². The van der Waals surface area contributed by atoms with Crippen LogP contribution in [-0.2, 0) is 15.3 Å². The molecule has 2 aromatic heterocycles. The van der Waals surface area contributed by atoms with Gasteiger partial charge >= 0.3 is 5.97 Å². The molecule has 0 saturated carbocycles.